The van der Waals surface area contributed by atoms with E-state index in [2.05, 4.69) is 24.5 Å². The van der Waals surface area contributed by atoms with E-state index in [0.717, 1.165) is 0 Å². The van der Waals surface area contributed by atoms with E-state index in [1.807, 2.05) is 6.92 Å². The summed E-state index contributed by atoms with van der Waals surface area (Å²) >= 11 is 0. The molecule has 1 rings (SSSR count). The Balaban J connectivity index is 2.46. The molecule has 1 saturated carbocycles. The Kier molecular flexibility index (Phi) is 3.93. The lowest BCUT2D eigenvalue weighted by Crippen LogP contribution is -2.48. The molecule has 0 aromatic carbocycles. The van der Waals surface area contributed by atoms with Crippen molar-refractivity contribution in [2.75, 3.05) is 7.05 Å². The van der Waals surface area contributed by atoms with Crippen LogP contribution in [0.4, 0.5) is 0 Å². The van der Waals surface area contributed by atoms with Crippen LogP contribution < -0.4 is 10.6 Å². The van der Waals surface area contributed by atoms with Crippen molar-refractivity contribution in [2.24, 2.45) is 11.8 Å². The van der Waals surface area contributed by atoms with Gasteiger partial charge in [-0.2, -0.15) is 0 Å². The Morgan fingerprint density at radius 3 is 2.21 bits per heavy atom. The van der Waals surface area contributed by atoms with Gasteiger partial charge < -0.3 is 10.6 Å². The molecule has 0 saturated heterocycles. The highest BCUT2D eigenvalue weighted by atomic mass is 16.2. The molecular weight excluding hydrogens is 176 g/mol. The molecule has 82 valence electrons. The van der Waals surface area contributed by atoms with Crippen LogP contribution in [-0.2, 0) is 4.79 Å². The van der Waals surface area contributed by atoms with E-state index in [-0.39, 0.29) is 11.9 Å². The van der Waals surface area contributed by atoms with Gasteiger partial charge in [-0.1, -0.05) is 13.8 Å². The van der Waals surface area contributed by atoms with Gasteiger partial charge >= 0.3 is 0 Å². The predicted molar refractivity (Wildman–Crippen MR) is 58.0 cm³/mol. The highest BCUT2D eigenvalue weighted by Gasteiger charge is 2.31. The molecule has 3 unspecified atom stereocenters. The maximum atomic E-state index is 11.3. The molecule has 0 heterocycles. The van der Waals surface area contributed by atoms with Gasteiger partial charge in [-0.25, -0.2) is 0 Å². The van der Waals surface area contributed by atoms with Crippen molar-refractivity contribution in [1.29, 1.82) is 0 Å². The van der Waals surface area contributed by atoms with Crippen LogP contribution in [0.1, 0.15) is 33.6 Å². The summed E-state index contributed by atoms with van der Waals surface area (Å²) in [7, 11) is 1.68. The van der Waals surface area contributed by atoms with Gasteiger partial charge in [0, 0.05) is 13.1 Å². The highest BCUT2D eigenvalue weighted by Crippen LogP contribution is 2.30. The van der Waals surface area contributed by atoms with E-state index >= 15 is 0 Å². The van der Waals surface area contributed by atoms with Crippen LogP contribution in [0.25, 0.3) is 0 Å². The molecule has 1 fully saturated rings. The van der Waals surface area contributed by atoms with Crippen molar-refractivity contribution in [3.05, 3.63) is 0 Å². The molecule has 0 spiro atoms. The molecule has 3 heteroatoms. The third-order valence-electron chi connectivity index (χ3n) is 3.39. The summed E-state index contributed by atoms with van der Waals surface area (Å²) < 4.78 is 0. The number of hydrogen-bond donors (Lipinski definition) is 2. The maximum absolute atomic E-state index is 11.3. The van der Waals surface area contributed by atoms with Gasteiger partial charge in [0.15, 0.2) is 0 Å². The molecule has 0 aromatic heterocycles. The first kappa shape index (κ1) is 11.5. The van der Waals surface area contributed by atoms with Crippen molar-refractivity contribution >= 4 is 5.91 Å². The summed E-state index contributed by atoms with van der Waals surface area (Å²) in [6, 6.07) is 0.426. The Bertz CT molecular complexity index is 195. The quantitative estimate of drug-likeness (QED) is 0.714. The van der Waals surface area contributed by atoms with Gasteiger partial charge in [-0.3, -0.25) is 4.79 Å². The van der Waals surface area contributed by atoms with E-state index in [9.17, 15) is 4.79 Å². The zero-order chi connectivity index (χ0) is 10.7. The van der Waals surface area contributed by atoms with Crippen LogP contribution in [-0.4, -0.2) is 25.0 Å². The lowest BCUT2D eigenvalue weighted by atomic mass is 9.99. The normalized spacial score (nSPS) is 34.1. The van der Waals surface area contributed by atoms with Crippen LogP contribution in [0, 0.1) is 11.8 Å². The number of carbonyl (C=O) groups excluding carboxylic acids is 1. The third kappa shape index (κ3) is 2.47. The number of rotatable bonds is 3. The monoisotopic (exact) mass is 198 g/mol. The maximum Gasteiger partial charge on any atom is 0.236 e. The van der Waals surface area contributed by atoms with Crippen LogP contribution >= 0.6 is 0 Å². The minimum absolute atomic E-state index is 0.0759. The second-order valence-electron chi connectivity index (χ2n) is 4.56. The SMILES string of the molecule is CNC(=O)C(C)NC1C(C)CCC1C. The summed E-state index contributed by atoms with van der Waals surface area (Å²) in [5, 5.41) is 6.08. The van der Waals surface area contributed by atoms with Crippen LogP contribution in [0.3, 0.4) is 0 Å². The van der Waals surface area contributed by atoms with E-state index in [4.69, 9.17) is 0 Å². The second-order valence-corrected chi connectivity index (χ2v) is 4.56. The Labute approximate surface area is 86.6 Å². The van der Waals surface area contributed by atoms with E-state index in [1.54, 1.807) is 7.05 Å². The van der Waals surface area contributed by atoms with Crippen molar-refractivity contribution in [3.63, 3.8) is 0 Å². The number of amides is 1. The lowest BCUT2D eigenvalue weighted by Gasteiger charge is -2.25. The number of hydrogen-bond acceptors (Lipinski definition) is 2. The second kappa shape index (κ2) is 4.78. The van der Waals surface area contributed by atoms with Gasteiger partial charge in [-0.15, -0.1) is 0 Å². The van der Waals surface area contributed by atoms with Crippen molar-refractivity contribution in [2.45, 2.75) is 45.7 Å². The smallest absolute Gasteiger partial charge is 0.236 e. The minimum atomic E-state index is -0.0759. The first-order chi connectivity index (χ1) is 6.56. The average molecular weight is 198 g/mol. The molecule has 1 aliphatic rings. The van der Waals surface area contributed by atoms with Gasteiger partial charge in [0.05, 0.1) is 6.04 Å². The topological polar surface area (TPSA) is 41.1 Å². The van der Waals surface area contributed by atoms with Gasteiger partial charge in [0.1, 0.15) is 0 Å². The molecule has 3 atom stereocenters. The standard InChI is InChI=1S/C11H22N2O/c1-7-5-6-8(2)10(7)13-9(3)11(14)12-4/h7-10,13H,5-6H2,1-4H3,(H,12,14). The first-order valence-electron chi connectivity index (χ1n) is 5.54. The Morgan fingerprint density at radius 2 is 1.79 bits per heavy atom. The van der Waals surface area contributed by atoms with Crippen LogP contribution in [0.5, 0.6) is 0 Å². The molecular formula is C11H22N2O. The average Bonchev–Trinajstić information content (AvgIpc) is 2.48. The highest BCUT2D eigenvalue weighted by molar-refractivity contribution is 5.80. The lowest BCUT2D eigenvalue weighted by molar-refractivity contribution is -0.122. The predicted octanol–water partition coefficient (Wildman–Crippen LogP) is 1.15. The van der Waals surface area contributed by atoms with Crippen molar-refractivity contribution in [1.82, 2.24) is 10.6 Å². The molecule has 0 bridgehead atoms. The Hall–Kier alpha value is -0.570. The summed E-state index contributed by atoms with van der Waals surface area (Å²) in [6.45, 7) is 6.45. The van der Waals surface area contributed by atoms with Crippen LogP contribution in [0.2, 0.25) is 0 Å². The van der Waals surface area contributed by atoms with E-state index < -0.39 is 0 Å². The Morgan fingerprint density at radius 1 is 1.29 bits per heavy atom. The minimum Gasteiger partial charge on any atom is -0.358 e. The van der Waals surface area contributed by atoms with Crippen LogP contribution in [0.15, 0.2) is 0 Å². The fraction of sp³-hybridized carbons (Fsp3) is 0.909. The molecule has 0 aromatic rings. The fourth-order valence-electron chi connectivity index (χ4n) is 2.36. The summed E-state index contributed by atoms with van der Waals surface area (Å²) in [5.74, 6) is 1.46. The summed E-state index contributed by atoms with van der Waals surface area (Å²) in [4.78, 5) is 11.3. The number of nitrogens with one attached hydrogen (secondary N) is 2. The largest absolute Gasteiger partial charge is 0.358 e. The van der Waals surface area contributed by atoms with E-state index in [1.165, 1.54) is 12.8 Å². The molecule has 1 aliphatic carbocycles. The van der Waals surface area contributed by atoms with E-state index in [0.29, 0.717) is 17.9 Å². The summed E-state index contributed by atoms with van der Waals surface area (Å²) in [6.07, 6.45) is 2.55. The number of carbonyl (C=O) groups is 1. The van der Waals surface area contributed by atoms with Gasteiger partial charge in [0.2, 0.25) is 5.91 Å². The van der Waals surface area contributed by atoms with Crippen molar-refractivity contribution in [3.8, 4) is 0 Å². The van der Waals surface area contributed by atoms with Crippen molar-refractivity contribution < 1.29 is 4.79 Å². The third-order valence-corrected chi connectivity index (χ3v) is 3.39. The molecule has 3 nitrogen and oxygen atoms in total. The summed E-state index contributed by atoms with van der Waals surface area (Å²) in [5.41, 5.74) is 0. The number of likely N-dealkylation sites (N-methyl/N-ethyl adjacent to an activating group) is 1. The molecule has 14 heavy (non-hydrogen) atoms. The molecule has 0 aliphatic heterocycles. The van der Waals surface area contributed by atoms with Gasteiger partial charge in [0.25, 0.3) is 0 Å². The zero-order valence-corrected chi connectivity index (χ0v) is 9.63. The molecule has 2 N–H and O–H groups in total. The fourth-order valence-corrected chi connectivity index (χ4v) is 2.36. The molecule has 0 radical (unpaired) electrons. The zero-order valence-electron chi connectivity index (χ0n) is 9.63. The first-order valence-corrected chi connectivity index (χ1v) is 5.54. The van der Waals surface area contributed by atoms with Gasteiger partial charge in [-0.05, 0) is 31.6 Å². The molecule has 1 amide bonds.